The topological polar surface area (TPSA) is 54.3 Å². The summed E-state index contributed by atoms with van der Waals surface area (Å²) in [5.41, 5.74) is 1.61. The van der Waals surface area contributed by atoms with Crippen molar-refractivity contribution in [1.82, 2.24) is 5.32 Å². The number of piperidine rings is 1. The standard InChI is InChI=1S/C21H21FN2O2/c1-21(17-7-6-14(13-23)12-18(17)22)25-19-5-3-2-4-16(19)20(26-21)15-8-10-24-11-9-15/h2-7,12,15,20,24H,8-11H2,1H3. The first-order chi connectivity index (χ1) is 12.6. The number of hydrogen-bond donors (Lipinski definition) is 1. The Hall–Kier alpha value is -2.42. The lowest BCUT2D eigenvalue weighted by Crippen LogP contribution is -2.42. The number of nitrogens with one attached hydrogen (secondary N) is 1. The van der Waals surface area contributed by atoms with Crippen LogP contribution in [0, 0.1) is 23.1 Å². The van der Waals surface area contributed by atoms with Crippen LogP contribution in [0.5, 0.6) is 5.75 Å². The second-order valence-corrected chi connectivity index (χ2v) is 7.02. The van der Waals surface area contributed by atoms with E-state index in [2.05, 4.69) is 5.32 Å². The molecule has 1 N–H and O–H groups in total. The summed E-state index contributed by atoms with van der Waals surface area (Å²) in [6, 6.07) is 14.2. The molecule has 4 nitrogen and oxygen atoms in total. The minimum atomic E-state index is -1.23. The first-order valence-corrected chi connectivity index (χ1v) is 8.97. The van der Waals surface area contributed by atoms with Crippen LogP contribution in [0.15, 0.2) is 42.5 Å². The molecule has 2 aliphatic heterocycles. The number of benzene rings is 2. The molecule has 2 atom stereocenters. The van der Waals surface area contributed by atoms with E-state index in [0.717, 1.165) is 37.2 Å². The molecule has 26 heavy (non-hydrogen) atoms. The molecule has 2 unspecified atom stereocenters. The average Bonchev–Trinajstić information content (AvgIpc) is 2.67. The zero-order chi connectivity index (χ0) is 18.1. The molecule has 1 saturated heterocycles. The Morgan fingerprint density at radius 2 is 1.96 bits per heavy atom. The highest BCUT2D eigenvalue weighted by Gasteiger charge is 2.44. The monoisotopic (exact) mass is 352 g/mol. The van der Waals surface area contributed by atoms with Crippen LogP contribution in [0.25, 0.3) is 0 Å². The van der Waals surface area contributed by atoms with Crippen LogP contribution in [0.2, 0.25) is 0 Å². The van der Waals surface area contributed by atoms with Gasteiger partial charge in [0.2, 0.25) is 5.79 Å². The van der Waals surface area contributed by atoms with Crippen molar-refractivity contribution in [3.63, 3.8) is 0 Å². The maximum atomic E-state index is 14.7. The highest BCUT2D eigenvalue weighted by atomic mass is 19.1. The van der Waals surface area contributed by atoms with Crippen molar-refractivity contribution < 1.29 is 13.9 Å². The molecule has 2 aromatic carbocycles. The molecule has 0 aromatic heterocycles. The number of halogens is 1. The van der Waals surface area contributed by atoms with E-state index in [9.17, 15) is 4.39 Å². The largest absolute Gasteiger partial charge is 0.458 e. The van der Waals surface area contributed by atoms with Crippen molar-refractivity contribution in [2.24, 2.45) is 5.92 Å². The summed E-state index contributed by atoms with van der Waals surface area (Å²) in [6.07, 6.45) is 1.86. The SMILES string of the molecule is CC1(c2ccc(C#N)cc2F)Oc2ccccc2C(C2CCNCC2)O1. The number of hydrogen-bond acceptors (Lipinski definition) is 4. The Morgan fingerprint density at radius 1 is 1.19 bits per heavy atom. The van der Waals surface area contributed by atoms with E-state index in [0.29, 0.717) is 11.5 Å². The van der Waals surface area contributed by atoms with Crippen molar-refractivity contribution in [2.75, 3.05) is 13.1 Å². The van der Waals surface area contributed by atoms with E-state index in [4.69, 9.17) is 14.7 Å². The zero-order valence-corrected chi connectivity index (χ0v) is 14.7. The lowest BCUT2D eigenvalue weighted by Gasteiger charge is -2.43. The van der Waals surface area contributed by atoms with Gasteiger partial charge in [-0.1, -0.05) is 18.2 Å². The van der Waals surface area contributed by atoms with Gasteiger partial charge in [-0.3, -0.25) is 0 Å². The van der Waals surface area contributed by atoms with Gasteiger partial charge in [0.05, 0.1) is 23.3 Å². The molecule has 0 saturated carbocycles. The fraction of sp³-hybridized carbons (Fsp3) is 0.381. The van der Waals surface area contributed by atoms with E-state index in [1.165, 1.54) is 6.07 Å². The molecule has 4 rings (SSSR count). The van der Waals surface area contributed by atoms with Crippen molar-refractivity contribution >= 4 is 0 Å². The van der Waals surface area contributed by atoms with Gasteiger partial charge >= 0.3 is 0 Å². The number of rotatable bonds is 2. The van der Waals surface area contributed by atoms with Gasteiger partial charge in [0.15, 0.2) is 0 Å². The predicted molar refractivity (Wildman–Crippen MR) is 95.0 cm³/mol. The zero-order valence-electron chi connectivity index (χ0n) is 14.7. The smallest absolute Gasteiger partial charge is 0.237 e. The lowest BCUT2D eigenvalue weighted by molar-refractivity contribution is -0.242. The fourth-order valence-corrected chi connectivity index (χ4v) is 3.92. The Balaban J connectivity index is 1.75. The lowest BCUT2D eigenvalue weighted by atomic mass is 9.86. The number of ether oxygens (including phenoxy) is 2. The molecule has 5 heteroatoms. The van der Waals surface area contributed by atoms with Gasteiger partial charge in [0.25, 0.3) is 0 Å². The second kappa shape index (κ2) is 6.71. The minimum Gasteiger partial charge on any atom is -0.458 e. The maximum Gasteiger partial charge on any atom is 0.237 e. The van der Waals surface area contributed by atoms with E-state index in [-0.39, 0.29) is 11.7 Å². The molecule has 0 aliphatic carbocycles. The Morgan fingerprint density at radius 3 is 2.69 bits per heavy atom. The predicted octanol–water partition coefficient (Wildman–Crippen LogP) is 4.02. The average molecular weight is 352 g/mol. The minimum absolute atomic E-state index is 0.151. The molecule has 0 radical (unpaired) electrons. The van der Waals surface area contributed by atoms with E-state index in [1.807, 2.05) is 30.3 Å². The summed E-state index contributed by atoms with van der Waals surface area (Å²) < 4.78 is 27.2. The molecule has 0 bridgehead atoms. The highest BCUT2D eigenvalue weighted by Crippen LogP contribution is 2.48. The molecule has 134 valence electrons. The quantitative estimate of drug-likeness (QED) is 0.887. The number of nitriles is 1. The summed E-state index contributed by atoms with van der Waals surface area (Å²) in [5.74, 6) is -0.646. The van der Waals surface area contributed by atoms with Gasteiger partial charge < -0.3 is 14.8 Å². The summed E-state index contributed by atoms with van der Waals surface area (Å²) in [4.78, 5) is 0. The molecule has 1 fully saturated rings. The van der Waals surface area contributed by atoms with Crippen LogP contribution in [-0.4, -0.2) is 13.1 Å². The third-order valence-corrected chi connectivity index (χ3v) is 5.28. The van der Waals surface area contributed by atoms with Crippen LogP contribution in [-0.2, 0) is 10.5 Å². The maximum absolute atomic E-state index is 14.7. The summed E-state index contributed by atoms with van der Waals surface area (Å²) in [7, 11) is 0. The van der Waals surface area contributed by atoms with Crippen molar-refractivity contribution in [3.8, 4) is 11.8 Å². The Kier molecular flexibility index (Phi) is 4.39. The van der Waals surface area contributed by atoms with Gasteiger partial charge in [-0.25, -0.2) is 4.39 Å². The number of para-hydroxylation sites is 1. The first-order valence-electron chi connectivity index (χ1n) is 8.97. The Bertz CT molecular complexity index is 857. The number of nitrogens with zero attached hydrogens (tertiary/aromatic N) is 1. The molecule has 2 aromatic rings. The van der Waals surface area contributed by atoms with Crippen LogP contribution in [0.3, 0.4) is 0 Å². The molecular weight excluding hydrogens is 331 g/mol. The number of fused-ring (bicyclic) bond motifs is 1. The third kappa shape index (κ3) is 2.96. The van der Waals surface area contributed by atoms with Gasteiger partial charge in [-0.2, -0.15) is 5.26 Å². The van der Waals surface area contributed by atoms with Crippen molar-refractivity contribution in [2.45, 2.75) is 31.7 Å². The molecule has 0 amide bonds. The molecule has 2 aliphatic rings. The van der Waals surface area contributed by atoms with E-state index < -0.39 is 11.6 Å². The van der Waals surface area contributed by atoms with Crippen molar-refractivity contribution in [1.29, 1.82) is 5.26 Å². The van der Waals surface area contributed by atoms with Crippen LogP contribution < -0.4 is 10.1 Å². The third-order valence-electron chi connectivity index (χ3n) is 5.28. The summed E-state index contributed by atoms with van der Waals surface area (Å²) >= 11 is 0. The van der Waals surface area contributed by atoms with Gasteiger partial charge in [-0.15, -0.1) is 0 Å². The van der Waals surface area contributed by atoms with Gasteiger partial charge in [0.1, 0.15) is 11.6 Å². The fourth-order valence-electron chi connectivity index (χ4n) is 3.92. The Labute approximate surface area is 152 Å². The first kappa shape index (κ1) is 17.0. The van der Waals surface area contributed by atoms with Crippen LogP contribution in [0.1, 0.15) is 42.6 Å². The van der Waals surface area contributed by atoms with Crippen molar-refractivity contribution in [3.05, 3.63) is 65.0 Å². The molecule has 0 spiro atoms. The van der Waals surface area contributed by atoms with Crippen LogP contribution >= 0.6 is 0 Å². The normalized spacial score (nSPS) is 25.8. The van der Waals surface area contributed by atoms with E-state index in [1.54, 1.807) is 19.1 Å². The van der Waals surface area contributed by atoms with Crippen LogP contribution in [0.4, 0.5) is 4.39 Å². The highest BCUT2D eigenvalue weighted by molar-refractivity contribution is 5.40. The van der Waals surface area contributed by atoms with Gasteiger partial charge in [-0.05, 0) is 56.1 Å². The molecule has 2 heterocycles. The van der Waals surface area contributed by atoms with E-state index >= 15 is 0 Å². The second-order valence-electron chi connectivity index (χ2n) is 7.02. The summed E-state index contributed by atoms with van der Waals surface area (Å²) in [5, 5.41) is 12.4. The summed E-state index contributed by atoms with van der Waals surface area (Å²) in [6.45, 7) is 3.66. The molecular formula is C21H21FN2O2. The van der Waals surface area contributed by atoms with Gasteiger partial charge in [0, 0.05) is 12.5 Å².